The Bertz CT molecular complexity index is 361. The molecule has 0 radical (unpaired) electrons. The summed E-state index contributed by atoms with van der Waals surface area (Å²) in [5, 5.41) is 3.59. The summed E-state index contributed by atoms with van der Waals surface area (Å²) in [4.78, 5) is 2.75. The minimum absolute atomic E-state index is 0.579. The van der Waals surface area contributed by atoms with Crippen LogP contribution >= 0.6 is 0 Å². The van der Waals surface area contributed by atoms with Gasteiger partial charge in [-0.25, -0.2) is 0 Å². The van der Waals surface area contributed by atoms with E-state index in [0.717, 1.165) is 11.1 Å². The van der Waals surface area contributed by atoms with Gasteiger partial charge in [-0.05, 0) is 16.7 Å². The van der Waals surface area contributed by atoms with Crippen molar-refractivity contribution >= 4 is 17.8 Å². The second-order valence-corrected chi connectivity index (χ2v) is 2.38. The fraction of sp³-hybridized carbons (Fsp3) is 0. The Kier molecular flexibility index (Phi) is 2.90. The van der Waals surface area contributed by atoms with E-state index in [0.29, 0.717) is 5.69 Å². The third-order valence-corrected chi connectivity index (χ3v) is 1.68. The molecule has 3 nitrogen and oxygen atoms in total. The fourth-order valence-electron chi connectivity index (χ4n) is 1.07. The minimum Gasteiger partial charge on any atom is -0.0985 e. The predicted molar refractivity (Wildman–Crippen MR) is 55.4 cm³/mol. The highest BCUT2D eigenvalue weighted by Crippen LogP contribution is 2.26. The molecule has 0 saturated carbocycles. The Morgan fingerprint density at radius 2 is 1.77 bits per heavy atom. The molecule has 13 heavy (non-hydrogen) atoms. The zero-order chi connectivity index (χ0) is 9.68. The van der Waals surface area contributed by atoms with Gasteiger partial charge in [0.05, 0.1) is 5.69 Å². The summed E-state index contributed by atoms with van der Waals surface area (Å²) in [5.74, 6) is 0. The summed E-state index contributed by atoms with van der Waals surface area (Å²) < 4.78 is 0. The highest BCUT2D eigenvalue weighted by molar-refractivity contribution is 5.73. The van der Waals surface area contributed by atoms with E-state index in [1.54, 1.807) is 12.2 Å². The van der Waals surface area contributed by atoms with Gasteiger partial charge in [-0.15, -0.1) is 0 Å². The normalized spacial score (nSPS) is 8.62. The molecule has 0 atom stereocenters. The Hall–Kier alpha value is -1.99. The number of nitrogens with zero attached hydrogens (tertiary/aromatic N) is 3. The van der Waals surface area contributed by atoms with Gasteiger partial charge in [-0.1, -0.05) is 48.6 Å². The van der Waals surface area contributed by atoms with Gasteiger partial charge in [0.25, 0.3) is 0 Å². The quantitative estimate of drug-likeness (QED) is 0.376. The molecule has 0 spiro atoms. The van der Waals surface area contributed by atoms with Crippen LogP contribution in [0.2, 0.25) is 0 Å². The van der Waals surface area contributed by atoms with Crippen molar-refractivity contribution in [1.29, 1.82) is 0 Å². The van der Waals surface area contributed by atoms with Crippen molar-refractivity contribution in [3.63, 3.8) is 0 Å². The fourth-order valence-corrected chi connectivity index (χ4v) is 1.07. The summed E-state index contributed by atoms with van der Waals surface area (Å²) in [6.07, 6.45) is 3.30. The number of benzene rings is 1. The van der Waals surface area contributed by atoms with Gasteiger partial charge in [0, 0.05) is 4.91 Å². The van der Waals surface area contributed by atoms with Crippen LogP contribution in [0.15, 0.2) is 36.5 Å². The highest BCUT2D eigenvalue weighted by atomic mass is 15.1. The van der Waals surface area contributed by atoms with E-state index in [4.69, 9.17) is 5.53 Å². The number of hydrogen-bond acceptors (Lipinski definition) is 1. The first-order chi connectivity index (χ1) is 6.33. The van der Waals surface area contributed by atoms with Crippen molar-refractivity contribution in [2.75, 3.05) is 0 Å². The van der Waals surface area contributed by atoms with Crippen molar-refractivity contribution in [1.82, 2.24) is 0 Å². The molecule has 0 aromatic heterocycles. The van der Waals surface area contributed by atoms with Gasteiger partial charge in [0.1, 0.15) is 0 Å². The molecule has 0 saturated heterocycles. The van der Waals surface area contributed by atoms with Crippen LogP contribution in [0.25, 0.3) is 22.6 Å². The molecule has 3 heteroatoms. The lowest BCUT2D eigenvalue weighted by atomic mass is 10.1. The first-order valence-electron chi connectivity index (χ1n) is 3.76. The average molecular weight is 171 g/mol. The lowest BCUT2D eigenvalue weighted by Crippen LogP contribution is -1.77. The van der Waals surface area contributed by atoms with Crippen LogP contribution in [-0.2, 0) is 0 Å². The van der Waals surface area contributed by atoms with Gasteiger partial charge in [-0.3, -0.25) is 0 Å². The second-order valence-electron chi connectivity index (χ2n) is 2.38. The zero-order valence-electron chi connectivity index (χ0n) is 7.14. The van der Waals surface area contributed by atoms with Gasteiger partial charge in [0.15, 0.2) is 0 Å². The molecule has 0 bridgehead atoms. The van der Waals surface area contributed by atoms with Crippen LogP contribution in [0.1, 0.15) is 11.1 Å². The summed E-state index contributed by atoms with van der Waals surface area (Å²) in [6, 6.07) is 5.54. The summed E-state index contributed by atoms with van der Waals surface area (Å²) in [5.41, 5.74) is 10.6. The van der Waals surface area contributed by atoms with Crippen LogP contribution in [0.4, 0.5) is 5.69 Å². The van der Waals surface area contributed by atoms with Crippen LogP contribution in [0.5, 0.6) is 0 Å². The van der Waals surface area contributed by atoms with Gasteiger partial charge < -0.3 is 0 Å². The largest absolute Gasteiger partial charge is 0.0985 e. The molecule has 0 heterocycles. The smallest absolute Gasteiger partial charge is 0.0519 e. The summed E-state index contributed by atoms with van der Waals surface area (Å²) in [6.45, 7) is 7.26. The van der Waals surface area contributed by atoms with Gasteiger partial charge in [0.2, 0.25) is 0 Å². The predicted octanol–water partition coefficient (Wildman–Crippen LogP) is 3.91. The van der Waals surface area contributed by atoms with Crippen LogP contribution in [0.3, 0.4) is 0 Å². The Morgan fingerprint density at radius 3 is 2.15 bits per heavy atom. The number of rotatable bonds is 3. The first-order valence-corrected chi connectivity index (χ1v) is 3.76. The summed E-state index contributed by atoms with van der Waals surface area (Å²) >= 11 is 0. The molecule has 0 aliphatic heterocycles. The van der Waals surface area contributed by atoms with Crippen molar-refractivity contribution < 1.29 is 0 Å². The van der Waals surface area contributed by atoms with Crippen molar-refractivity contribution in [2.24, 2.45) is 5.11 Å². The number of hydrogen-bond donors (Lipinski definition) is 0. The maximum atomic E-state index is 8.35. The molecule has 0 aliphatic rings. The third kappa shape index (κ3) is 1.78. The lowest BCUT2D eigenvalue weighted by molar-refractivity contribution is 1.44. The second kappa shape index (κ2) is 4.14. The van der Waals surface area contributed by atoms with Crippen molar-refractivity contribution in [2.45, 2.75) is 0 Å². The maximum Gasteiger partial charge on any atom is 0.0519 e. The third-order valence-electron chi connectivity index (χ3n) is 1.68. The van der Waals surface area contributed by atoms with E-state index in [9.17, 15) is 0 Å². The molecule has 0 N–H and O–H groups in total. The molecule has 64 valence electrons. The molecular weight excluding hydrogens is 162 g/mol. The molecule has 1 aromatic rings. The molecule has 1 aromatic carbocycles. The van der Waals surface area contributed by atoms with E-state index in [-0.39, 0.29) is 0 Å². The SMILES string of the molecule is C=Cc1cccc(C=C)c1N=[N+]=[N-]. The Balaban J connectivity index is 3.45. The van der Waals surface area contributed by atoms with E-state index in [1.165, 1.54) is 0 Å². The maximum absolute atomic E-state index is 8.35. The highest BCUT2D eigenvalue weighted by Gasteiger charge is 2.00. The summed E-state index contributed by atoms with van der Waals surface area (Å²) in [7, 11) is 0. The molecule has 1 rings (SSSR count). The van der Waals surface area contributed by atoms with Gasteiger partial charge in [-0.2, -0.15) is 0 Å². The van der Waals surface area contributed by atoms with Crippen LogP contribution < -0.4 is 0 Å². The van der Waals surface area contributed by atoms with E-state index >= 15 is 0 Å². The van der Waals surface area contributed by atoms with E-state index in [2.05, 4.69) is 23.2 Å². The molecule has 0 aliphatic carbocycles. The van der Waals surface area contributed by atoms with E-state index in [1.807, 2.05) is 18.2 Å². The van der Waals surface area contributed by atoms with Crippen LogP contribution in [0, 0.1) is 0 Å². The molecule has 0 unspecified atom stereocenters. The van der Waals surface area contributed by atoms with Crippen molar-refractivity contribution in [3.05, 3.63) is 52.9 Å². The molecule has 0 amide bonds. The Morgan fingerprint density at radius 1 is 1.23 bits per heavy atom. The molecular formula is C10H9N3. The van der Waals surface area contributed by atoms with Gasteiger partial charge >= 0.3 is 0 Å². The number of azide groups is 1. The average Bonchev–Trinajstić information content (AvgIpc) is 2.18. The van der Waals surface area contributed by atoms with Crippen molar-refractivity contribution in [3.8, 4) is 0 Å². The lowest BCUT2D eigenvalue weighted by Gasteiger charge is -2.02. The minimum atomic E-state index is 0.579. The standard InChI is InChI=1S/C10H9N3/c1-3-8-6-5-7-9(4-2)10(8)12-13-11/h3-7H,1-2H2. The van der Waals surface area contributed by atoms with E-state index < -0.39 is 0 Å². The monoisotopic (exact) mass is 171 g/mol. The zero-order valence-corrected chi connectivity index (χ0v) is 7.14. The first kappa shape index (κ1) is 9.10. The van der Waals surface area contributed by atoms with Crippen LogP contribution in [-0.4, -0.2) is 0 Å². The Labute approximate surface area is 76.6 Å². The topological polar surface area (TPSA) is 48.8 Å². The molecule has 0 fully saturated rings.